The van der Waals surface area contributed by atoms with Gasteiger partial charge >= 0.3 is 0 Å². The Morgan fingerprint density at radius 1 is 1.11 bits per heavy atom. The molecule has 0 heterocycles. The van der Waals surface area contributed by atoms with Crippen LogP contribution < -0.4 is 4.74 Å². The molecular formula is C15H12F2O2. The first-order valence-corrected chi connectivity index (χ1v) is 5.66. The number of halogens is 2. The van der Waals surface area contributed by atoms with Crippen LogP contribution in [-0.2, 0) is 0 Å². The van der Waals surface area contributed by atoms with Gasteiger partial charge in [0.25, 0.3) is 0 Å². The lowest BCUT2D eigenvalue weighted by molar-refractivity contribution is 0.112. The molecule has 4 heteroatoms. The van der Waals surface area contributed by atoms with Gasteiger partial charge in [0.05, 0.1) is 12.7 Å². The molecule has 0 amide bonds. The first-order valence-electron chi connectivity index (χ1n) is 5.66. The van der Waals surface area contributed by atoms with Gasteiger partial charge in [-0.3, -0.25) is 4.79 Å². The van der Waals surface area contributed by atoms with E-state index in [0.717, 1.165) is 0 Å². The second-order valence-corrected chi connectivity index (χ2v) is 4.13. The zero-order chi connectivity index (χ0) is 14.0. The summed E-state index contributed by atoms with van der Waals surface area (Å²) in [4.78, 5) is 10.9. The van der Waals surface area contributed by atoms with Gasteiger partial charge in [0, 0.05) is 5.56 Å². The quantitative estimate of drug-likeness (QED) is 0.787. The van der Waals surface area contributed by atoms with Crippen LogP contribution in [-0.4, -0.2) is 13.4 Å². The Labute approximate surface area is 109 Å². The highest BCUT2D eigenvalue weighted by molar-refractivity contribution is 5.83. The summed E-state index contributed by atoms with van der Waals surface area (Å²) in [6.45, 7) is 1.49. The normalized spacial score (nSPS) is 10.3. The molecule has 19 heavy (non-hydrogen) atoms. The summed E-state index contributed by atoms with van der Waals surface area (Å²) >= 11 is 0. The predicted octanol–water partition coefficient (Wildman–Crippen LogP) is 3.76. The monoisotopic (exact) mass is 262 g/mol. The largest absolute Gasteiger partial charge is 0.496 e. The molecule has 0 aromatic heterocycles. The average Bonchev–Trinajstić information content (AvgIpc) is 2.44. The van der Waals surface area contributed by atoms with Gasteiger partial charge in [0.1, 0.15) is 5.75 Å². The molecule has 0 aliphatic rings. The third-order valence-corrected chi connectivity index (χ3v) is 2.94. The number of ether oxygens (including phenoxy) is 1. The lowest BCUT2D eigenvalue weighted by Crippen LogP contribution is -1.95. The number of benzene rings is 2. The molecule has 0 spiro atoms. The summed E-state index contributed by atoms with van der Waals surface area (Å²) in [5, 5.41) is 0. The Balaban J connectivity index is 2.60. The smallest absolute Gasteiger partial charge is 0.166 e. The van der Waals surface area contributed by atoms with E-state index in [2.05, 4.69) is 0 Å². The Morgan fingerprint density at radius 3 is 2.47 bits per heavy atom. The van der Waals surface area contributed by atoms with Crippen molar-refractivity contribution >= 4 is 6.29 Å². The number of hydrogen-bond acceptors (Lipinski definition) is 2. The summed E-state index contributed by atoms with van der Waals surface area (Å²) in [6.07, 6.45) is 0.616. The molecule has 0 saturated carbocycles. The SMILES string of the molecule is COc1ccc(-c2ccc(C)c(F)c2F)cc1C=O. The summed E-state index contributed by atoms with van der Waals surface area (Å²) in [5.41, 5.74) is 1.08. The Bertz CT molecular complexity index is 636. The molecule has 98 valence electrons. The van der Waals surface area contributed by atoms with Crippen LogP contribution in [0.25, 0.3) is 11.1 Å². The molecule has 0 N–H and O–H groups in total. The zero-order valence-corrected chi connectivity index (χ0v) is 10.5. The van der Waals surface area contributed by atoms with Gasteiger partial charge in [-0.25, -0.2) is 8.78 Å². The minimum Gasteiger partial charge on any atom is -0.496 e. The molecule has 0 unspecified atom stereocenters. The van der Waals surface area contributed by atoms with Crippen molar-refractivity contribution in [3.63, 3.8) is 0 Å². The van der Waals surface area contributed by atoms with Crippen molar-refractivity contribution in [1.29, 1.82) is 0 Å². The minimum atomic E-state index is -0.915. The molecule has 0 saturated heterocycles. The Kier molecular flexibility index (Phi) is 3.60. The highest BCUT2D eigenvalue weighted by atomic mass is 19.2. The summed E-state index contributed by atoms with van der Waals surface area (Å²) in [7, 11) is 1.44. The van der Waals surface area contributed by atoms with Crippen LogP contribution in [0, 0.1) is 18.6 Å². The minimum absolute atomic E-state index is 0.119. The second kappa shape index (κ2) is 5.18. The fourth-order valence-electron chi connectivity index (χ4n) is 1.86. The second-order valence-electron chi connectivity index (χ2n) is 4.13. The summed E-state index contributed by atoms with van der Waals surface area (Å²) in [6, 6.07) is 7.59. The predicted molar refractivity (Wildman–Crippen MR) is 68.5 cm³/mol. The van der Waals surface area contributed by atoms with Crippen LogP contribution in [0.15, 0.2) is 30.3 Å². The molecule has 0 fully saturated rings. The number of aldehydes is 1. The van der Waals surface area contributed by atoms with E-state index in [-0.39, 0.29) is 11.1 Å². The van der Waals surface area contributed by atoms with E-state index in [9.17, 15) is 13.6 Å². The van der Waals surface area contributed by atoms with Crippen molar-refractivity contribution in [3.8, 4) is 16.9 Å². The van der Waals surface area contributed by atoms with E-state index >= 15 is 0 Å². The van der Waals surface area contributed by atoms with Crippen molar-refractivity contribution in [3.05, 3.63) is 53.1 Å². The van der Waals surface area contributed by atoms with E-state index in [0.29, 0.717) is 23.2 Å². The van der Waals surface area contributed by atoms with E-state index in [4.69, 9.17) is 4.74 Å². The van der Waals surface area contributed by atoms with Crippen LogP contribution in [0.2, 0.25) is 0 Å². The summed E-state index contributed by atoms with van der Waals surface area (Å²) in [5.74, 6) is -1.39. The van der Waals surface area contributed by atoms with Crippen LogP contribution >= 0.6 is 0 Å². The molecule has 0 bridgehead atoms. The molecule has 2 rings (SSSR count). The lowest BCUT2D eigenvalue weighted by atomic mass is 10.0. The van der Waals surface area contributed by atoms with Gasteiger partial charge in [0.2, 0.25) is 0 Å². The van der Waals surface area contributed by atoms with Crippen molar-refractivity contribution in [2.45, 2.75) is 6.92 Å². The van der Waals surface area contributed by atoms with Gasteiger partial charge in [-0.1, -0.05) is 18.2 Å². The fourth-order valence-corrected chi connectivity index (χ4v) is 1.86. The standard InChI is InChI=1S/C15H12F2O2/c1-9-3-5-12(15(17)14(9)16)10-4-6-13(19-2)11(7-10)8-18/h3-8H,1-2H3. The number of methoxy groups -OCH3 is 1. The van der Waals surface area contributed by atoms with Gasteiger partial charge in [-0.2, -0.15) is 0 Å². The van der Waals surface area contributed by atoms with E-state index in [1.165, 1.54) is 32.2 Å². The highest BCUT2D eigenvalue weighted by Crippen LogP contribution is 2.29. The third kappa shape index (κ3) is 2.34. The molecule has 2 nitrogen and oxygen atoms in total. The maximum Gasteiger partial charge on any atom is 0.166 e. The molecule has 0 atom stereocenters. The summed E-state index contributed by atoms with van der Waals surface area (Å²) < 4.78 is 32.4. The first kappa shape index (κ1) is 13.2. The molecule has 0 radical (unpaired) electrons. The van der Waals surface area contributed by atoms with Crippen molar-refractivity contribution in [2.24, 2.45) is 0 Å². The van der Waals surface area contributed by atoms with Crippen molar-refractivity contribution in [2.75, 3.05) is 7.11 Å². The third-order valence-electron chi connectivity index (χ3n) is 2.94. The topological polar surface area (TPSA) is 26.3 Å². The van der Waals surface area contributed by atoms with E-state index in [1.54, 1.807) is 12.1 Å². The van der Waals surface area contributed by atoms with Gasteiger partial charge in [0.15, 0.2) is 17.9 Å². The maximum absolute atomic E-state index is 13.9. The number of carbonyl (C=O) groups is 1. The zero-order valence-electron chi connectivity index (χ0n) is 10.5. The molecule has 0 aliphatic carbocycles. The average molecular weight is 262 g/mol. The number of hydrogen-bond donors (Lipinski definition) is 0. The van der Waals surface area contributed by atoms with Crippen molar-refractivity contribution in [1.82, 2.24) is 0 Å². The van der Waals surface area contributed by atoms with E-state index < -0.39 is 11.6 Å². The maximum atomic E-state index is 13.9. The first-order chi connectivity index (χ1) is 9.08. The number of aryl methyl sites for hydroxylation is 1. The molecule has 0 aliphatic heterocycles. The Hall–Kier alpha value is -2.23. The van der Waals surface area contributed by atoms with Crippen LogP contribution in [0.1, 0.15) is 15.9 Å². The molecular weight excluding hydrogens is 250 g/mol. The Morgan fingerprint density at radius 2 is 1.84 bits per heavy atom. The lowest BCUT2D eigenvalue weighted by Gasteiger charge is -2.09. The van der Waals surface area contributed by atoms with Crippen LogP contribution in [0.3, 0.4) is 0 Å². The molecule has 2 aromatic carbocycles. The van der Waals surface area contributed by atoms with Crippen molar-refractivity contribution < 1.29 is 18.3 Å². The fraction of sp³-hybridized carbons (Fsp3) is 0.133. The van der Waals surface area contributed by atoms with Crippen LogP contribution in [0.4, 0.5) is 8.78 Å². The molecule has 2 aromatic rings. The van der Waals surface area contributed by atoms with Gasteiger partial charge in [-0.15, -0.1) is 0 Å². The van der Waals surface area contributed by atoms with E-state index in [1.807, 2.05) is 0 Å². The van der Waals surface area contributed by atoms with Crippen LogP contribution in [0.5, 0.6) is 5.75 Å². The van der Waals surface area contributed by atoms with Gasteiger partial charge in [-0.05, 0) is 30.2 Å². The van der Waals surface area contributed by atoms with Gasteiger partial charge < -0.3 is 4.74 Å². The highest BCUT2D eigenvalue weighted by Gasteiger charge is 2.14. The number of carbonyl (C=O) groups excluding carboxylic acids is 1. The number of rotatable bonds is 3.